The van der Waals surface area contributed by atoms with E-state index in [0.29, 0.717) is 0 Å². The van der Waals surface area contributed by atoms with Crippen molar-refractivity contribution in [1.82, 2.24) is 9.97 Å². The van der Waals surface area contributed by atoms with Crippen molar-refractivity contribution < 1.29 is 0 Å². The van der Waals surface area contributed by atoms with E-state index in [1.165, 1.54) is 30.6 Å². The second-order valence-electron chi connectivity index (χ2n) is 6.82. The summed E-state index contributed by atoms with van der Waals surface area (Å²) in [5.41, 5.74) is 3.25. The van der Waals surface area contributed by atoms with Gasteiger partial charge in [0.05, 0.1) is 10.2 Å². The molecule has 0 saturated heterocycles. The van der Waals surface area contributed by atoms with Crippen molar-refractivity contribution in [3.05, 3.63) is 85.2 Å². The van der Waals surface area contributed by atoms with Gasteiger partial charge in [-0.15, -0.1) is 22.7 Å². The predicted molar refractivity (Wildman–Crippen MR) is 125 cm³/mol. The molecule has 3 heterocycles. The molecule has 3 nitrogen and oxygen atoms in total. The monoisotopic (exact) mass is 409 g/mol. The molecule has 1 N–H and O–H groups in total. The Hall–Kier alpha value is -3.28. The van der Waals surface area contributed by atoms with Crippen molar-refractivity contribution in [2.24, 2.45) is 0 Å². The maximum Gasteiger partial charge on any atom is 0.151 e. The van der Waals surface area contributed by atoms with Gasteiger partial charge in [-0.1, -0.05) is 54.6 Å². The summed E-state index contributed by atoms with van der Waals surface area (Å²) in [7, 11) is 0. The average Bonchev–Trinajstić information content (AvgIpc) is 3.37. The van der Waals surface area contributed by atoms with Crippen LogP contribution in [0.2, 0.25) is 0 Å². The fourth-order valence-electron chi connectivity index (χ4n) is 3.69. The summed E-state index contributed by atoms with van der Waals surface area (Å²) >= 11 is 3.54. The number of aromatic nitrogens is 2. The van der Waals surface area contributed by atoms with E-state index in [2.05, 4.69) is 88.1 Å². The summed E-state index contributed by atoms with van der Waals surface area (Å²) in [6.45, 7) is 0. The summed E-state index contributed by atoms with van der Waals surface area (Å²) in [5, 5.41) is 6.12. The van der Waals surface area contributed by atoms with Gasteiger partial charge in [0.25, 0.3) is 0 Å². The third-order valence-electron chi connectivity index (χ3n) is 5.03. The number of fused-ring (bicyclic) bond motifs is 4. The normalized spacial score (nSPS) is 11.4. The highest BCUT2D eigenvalue weighted by atomic mass is 32.1. The van der Waals surface area contributed by atoms with Crippen molar-refractivity contribution >= 4 is 64.6 Å². The van der Waals surface area contributed by atoms with E-state index in [9.17, 15) is 0 Å². The fourth-order valence-corrected chi connectivity index (χ4v) is 5.89. The van der Waals surface area contributed by atoms with Gasteiger partial charge in [-0.05, 0) is 29.8 Å². The van der Waals surface area contributed by atoms with E-state index in [0.717, 1.165) is 21.7 Å². The molecule has 0 radical (unpaired) electrons. The third kappa shape index (κ3) is 2.78. The number of hydrogen-bond acceptors (Lipinski definition) is 5. The minimum atomic E-state index is 0.852. The van der Waals surface area contributed by atoms with Crippen molar-refractivity contribution in [3.63, 3.8) is 0 Å². The molecule has 6 rings (SSSR count). The molecule has 0 saturated carbocycles. The maximum atomic E-state index is 4.57. The molecule has 5 heteroatoms. The Morgan fingerprint density at radius 3 is 2.48 bits per heavy atom. The second kappa shape index (κ2) is 6.65. The zero-order chi connectivity index (χ0) is 19.2. The highest BCUT2D eigenvalue weighted by Gasteiger charge is 2.13. The Morgan fingerprint density at radius 2 is 1.55 bits per heavy atom. The lowest BCUT2D eigenvalue weighted by molar-refractivity contribution is 1.23. The summed E-state index contributed by atoms with van der Waals surface area (Å²) in [6.07, 6.45) is 1.64. The first-order chi connectivity index (χ1) is 14.4. The Balaban J connectivity index is 1.51. The minimum absolute atomic E-state index is 0.852. The van der Waals surface area contributed by atoms with Gasteiger partial charge in [0.1, 0.15) is 6.33 Å². The standard InChI is InChI=1S/C24H15N3S2/c1-2-7-15(8-3-1)21-13-18-23(29-21)24(26-14-25-18)27-17-10-6-12-20-22(17)16-9-4-5-11-19(16)28-20/h1-14H,(H,25,26,27). The quantitative estimate of drug-likeness (QED) is 0.329. The SMILES string of the molecule is c1ccc(-c2cc3ncnc(Nc4cccc5sc6ccccc6c45)c3s2)cc1. The highest BCUT2D eigenvalue weighted by molar-refractivity contribution is 7.26. The predicted octanol–water partition coefficient (Wildman–Crippen LogP) is 7.47. The topological polar surface area (TPSA) is 37.8 Å². The number of benzene rings is 3. The largest absolute Gasteiger partial charge is 0.338 e. The van der Waals surface area contributed by atoms with E-state index >= 15 is 0 Å². The molecule has 0 fully saturated rings. The summed E-state index contributed by atoms with van der Waals surface area (Å²) in [5.74, 6) is 0.852. The molecule has 3 aromatic carbocycles. The number of rotatable bonds is 3. The minimum Gasteiger partial charge on any atom is -0.338 e. The zero-order valence-corrected chi connectivity index (χ0v) is 16.9. The molecular weight excluding hydrogens is 394 g/mol. The smallest absolute Gasteiger partial charge is 0.151 e. The summed E-state index contributed by atoms with van der Waals surface area (Å²) in [4.78, 5) is 10.3. The first kappa shape index (κ1) is 16.7. The molecule has 0 aliphatic carbocycles. The highest BCUT2D eigenvalue weighted by Crippen LogP contribution is 2.41. The van der Waals surface area contributed by atoms with Crippen LogP contribution in [-0.4, -0.2) is 9.97 Å². The molecule has 138 valence electrons. The van der Waals surface area contributed by atoms with Crippen LogP contribution in [0.25, 0.3) is 40.8 Å². The number of hydrogen-bond donors (Lipinski definition) is 1. The van der Waals surface area contributed by atoms with Gasteiger partial charge in [0, 0.05) is 30.7 Å². The third-order valence-corrected chi connectivity index (χ3v) is 7.34. The average molecular weight is 410 g/mol. The van der Waals surface area contributed by atoms with Crippen molar-refractivity contribution in [1.29, 1.82) is 0 Å². The fraction of sp³-hybridized carbons (Fsp3) is 0. The molecular formula is C24H15N3S2. The molecule has 0 aliphatic rings. The molecule has 0 atom stereocenters. The molecule has 0 spiro atoms. The van der Waals surface area contributed by atoms with Gasteiger partial charge in [-0.2, -0.15) is 0 Å². The molecule has 29 heavy (non-hydrogen) atoms. The number of nitrogens with one attached hydrogen (secondary N) is 1. The van der Waals surface area contributed by atoms with Gasteiger partial charge in [-0.3, -0.25) is 0 Å². The Morgan fingerprint density at radius 1 is 0.724 bits per heavy atom. The number of thiophene rings is 2. The molecule has 0 bridgehead atoms. The summed E-state index contributed by atoms with van der Waals surface area (Å²) in [6, 6.07) is 27.5. The zero-order valence-electron chi connectivity index (χ0n) is 15.3. The molecule has 0 unspecified atom stereocenters. The van der Waals surface area contributed by atoms with E-state index in [4.69, 9.17) is 0 Å². The second-order valence-corrected chi connectivity index (χ2v) is 8.95. The number of nitrogens with zero attached hydrogens (tertiary/aromatic N) is 2. The van der Waals surface area contributed by atoms with Crippen LogP contribution in [0.5, 0.6) is 0 Å². The first-order valence-corrected chi connectivity index (χ1v) is 11.0. The van der Waals surface area contributed by atoms with Gasteiger partial charge in [0.2, 0.25) is 0 Å². The lowest BCUT2D eigenvalue weighted by Crippen LogP contribution is -1.94. The van der Waals surface area contributed by atoms with Crippen LogP contribution in [0.15, 0.2) is 85.2 Å². The summed E-state index contributed by atoms with van der Waals surface area (Å²) < 4.78 is 3.65. The lowest BCUT2D eigenvalue weighted by Gasteiger charge is -2.08. The lowest BCUT2D eigenvalue weighted by atomic mass is 10.1. The van der Waals surface area contributed by atoms with Gasteiger partial charge in [-0.25, -0.2) is 9.97 Å². The number of anilines is 2. The van der Waals surface area contributed by atoms with E-state index < -0.39 is 0 Å². The van der Waals surface area contributed by atoms with Crippen molar-refractivity contribution in [2.45, 2.75) is 0 Å². The van der Waals surface area contributed by atoms with Crippen molar-refractivity contribution in [3.8, 4) is 10.4 Å². The first-order valence-electron chi connectivity index (χ1n) is 9.34. The van der Waals surface area contributed by atoms with E-state index in [1.54, 1.807) is 17.7 Å². The van der Waals surface area contributed by atoms with Crippen LogP contribution >= 0.6 is 22.7 Å². The molecule has 0 amide bonds. The van der Waals surface area contributed by atoms with Crippen LogP contribution in [0, 0.1) is 0 Å². The Kier molecular flexibility index (Phi) is 3.82. The van der Waals surface area contributed by atoms with E-state index in [-0.39, 0.29) is 0 Å². The van der Waals surface area contributed by atoms with Crippen LogP contribution < -0.4 is 5.32 Å². The molecule has 6 aromatic rings. The van der Waals surface area contributed by atoms with Gasteiger partial charge >= 0.3 is 0 Å². The molecule has 0 aliphatic heterocycles. The Labute approximate surface area is 175 Å². The maximum absolute atomic E-state index is 4.57. The van der Waals surface area contributed by atoms with Crippen LogP contribution in [0.4, 0.5) is 11.5 Å². The van der Waals surface area contributed by atoms with Gasteiger partial charge < -0.3 is 5.32 Å². The van der Waals surface area contributed by atoms with Crippen LogP contribution in [0.1, 0.15) is 0 Å². The van der Waals surface area contributed by atoms with Gasteiger partial charge in [0.15, 0.2) is 5.82 Å². The van der Waals surface area contributed by atoms with Crippen LogP contribution in [-0.2, 0) is 0 Å². The Bertz CT molecular complexity index is 1480. The van der Waals surface area contributed by atoms with Crippen molar-refractivity contribution in [2.75, 3.05) is 5.32 Å². The van der Waals surface area contributed by atoms with E-state index in [1.807, 2.05) is 17.4 Å². The van der Waals surface area contributed by atoms with Crippen LogP contribution in [0.3, 0.4) is 0 Å². The molecule has 3 aromatic heterocycles.